The monoisotopic (exact) mass is 253 g/mol. The van der Waals surface area contributed by atoms with Gasteiger partial charge in [0, 0.05) is 5.54 Å². The highest BCUT2D eigenvalue weighted by Gasteiger charge is 2.40. The fraction of sp³-hybridized carbons (Fsp3) is 0.364. The average molecular weight is 253 g/mol. The number of benzene rings is 1. The second-order valence-corrected chi connectivity index (χ2v) is 4.66. The molecule has 18 heavy (non-hydrogen) atoms. The molecule has 1 aliphatic carbocycles. The summed E-state index contributed by atoms with van der Waals surface area (Å²) in [6, 6.07) is 1.66. The van der Waals surface area contributed by atoms with E-state index in [-0.39, 0.29) is 16.8 Å². The predicted molar refractivity (Wildman–Crippen MR) is 62.6 cm³/mol. The zero-order chi connectivity index (χ0) is 13.5. The summed E-state index contributed by atoms with van der Waals surface area (Å²) in [5.41, 5.74) is 3.94. The fourth-order valence-electron chi connectivity index (χ4n) is 1.57. The van der Waals surface area contributed by atoms with Crippen LogP contribution in [0.4, 0.5) is 15.8 Å². The number of anilines is 1. The van der Waals surface area contributed by atoms with Gasteiger partial charge in [0.05, 0.1) is 16.7 Å². The van der Waals surface area contributed by atoms with E-state index < -0.39 is 22.3 Å². The standard InChI is InChI=1S/C11H12FN3O3/c1-11(2-3-11)14-10(16)6-4-8(13)7(12)5-9(6)15(17)18/h4-5H,2-3,13H2,1H3,(H,14,16). The second kappa shape index (κ2) is 3.94. The van der Waals surface area contributed by atoms with Crippen molar-refractivity contribution in [1.82, 2.24) is 5.32 Å². The molecule has 1 saturated carbocycles. The van der Waals surface area contributed by atoms with E-state index in [1.807, 2.05) is 6.92 Å². The molecule has 2 rings (SSSR count). The first-order valence-electron chi connectivity index (χ1n) is 5.38. The Bertz CT molecular complexity index is 541. The first-order chi connectivity index (χ1) is 8.32. The van der Waals surface area contributed by atoms with E-state index in [2.05, 4.69) is 5.32 Å². The van der Waals surface area contributed by atoms with Crippen LogP contribution in [0.5, 0.6) is 0 Å². The number of hydrogen-bond donors (Lipinski definition) is 2. The summed E-state index contributed by atoms with van der Waals surface area (Å²) >= 11 is 0. The molecule has 0 radical (unpaired) electrons. The quantitative estimate of drug-likeness (QED) is 0.485. The van der Waals surface area contributed by atoms with Crippen molar-refractivity contribution in [3.8, 4) is 0 Å². The first-order valence-corrected chi connectivity index (χ1v) is 5.38. The molecule has 0 unspecified atom stereocenters. The van der Waals surface area contributed by atoms with Gasteiger partial charge in [-0.15, -0.1) is 0 Å². The minimum absolute atomic E-state index is 0.216. The number of nitro groups is 1. The van der Waals surface area contributed by atoms with Crippen molar-refractivity contribution < 1.29 is 14.1 Å². The van der Waals surface area contributed by atoms with Crippen LogP contribution in [0.15, 0.2) is 12.1 Å². The molecule has 3 N–H and O–H groups in total. The highest BCUT2D eigenvalue weighted by molar-refractivity contribution is 5.99. The van der Waals surface area contributed by atoms with Gasteiger partial charge in [0.1, 0.15) is 5.56 Å². The normalized spacial score (nSPS) is 16.1. The van der Waals surface area contributed by atoms with Crippen LogP contribution in [0.1, 0.15) is 30.1 Å². The number of carbonyl (C=O) groups excluding carboxylic acids is 1. The van der Waals surface area contributed by atoms with E-state index in [4.69, 9.17) is 5.73 Å². The third kappa shape index (κ3) is 2.24. The molecule has 1 aliphatic rings. The third-order valence-corrected chi connectivity index (χ3v) is 2.97. The van der Waals surface area contributed by atoms with Gasteiger partial charge in [0.2, 0.25) is 0 Å². The molecule has 1 aromatic rings. The minimum atomic E-state index is -0.907. The number of nitrogens with one attached hydrogen (secondary N) is 1. The van der Waals surface area contributed by atoms with Crippen molar-refractivity contribution >= 4 is 17.3 Å². The first kappa shape index (κ1) is 12.3. The third-order valence-electron chi connectivity index (χ3n) is 2.97. The van der Waals surface area contributed by atoms with Crippen molar-refractivity contribution in [2.24, 2.45) is 0 Å². The molecule has 0 saturated heterocycles. The summed E-state index contributed by atoms with van der Waals surface area (Å²) in [4.78, 5) is 21.9. The average Bonchev–Trinajstić information content (AvgIpc) is 2.99. The van der Waals surface area contributed by atoms with Crippen LogP contribution in [0, 0.1) is 15.9 Å². The van der Waals surface area contributed by atoms with Gasteiger partial charge in [-0.3, -0.25) is 14.9 Å². The maximum absolute atomic E-state index is 13.2. The van der Waals surface area contributed by atoms with Gasteiger partial charge in [0.25, 0.3) is 11.6 Å². The van der Waals surface area contributed by atoms with Crippen LogP contribution in [0.25, 0.3) is 0 Å². The van der Waals surface area contributed by atoms with Gasteiger partial charge in [0.15, 0.2) is 5.82 Å². The summed E-state index contributed by atoms with van der Waals surface area (Å²) in [6.45, 7) is 1.84. The molecule has 0 aromatic heterocycles. The van der Waals surface area contributed by atoms with Gasteiger partial charge in [-0.05, 0) is 25.8 Å². The van der Waals surface area contributed by atoms with Gasteiger partial charge < -0.3 is 11.1 Å². The van der Waals surface area contributed by atoms with Gasteiger partial charge >= 0.3 is 0 Å². The topological polar surface area (TPSA) is 98.3 Å². The molecule has 7 heteroatoms. The number of nitrogens with two attached hydrogens (primary N) is 1. The Hall–Kier alpha value is -2.18. The molecule has 1 aromatic carbocycles. The molecule has 0 bridgehead atoms. The molecule has 0 aliphatic heterocycles. The van der Waals surface area contributed by atoms with Crippen molar-refractivity contribution in [1.29, 1.82) is 0 Å². The minimum Gasteiger partial charge on any atom is -0.396 e. The molecule has 1 fully saturated rings. The van der Waals surface area contributed by atoms with Crippen molar-refractivity contribution in [3.63, 3.8) is 0 Å². The Morgan fingerprint density at radius 2 is 2.17 bits per heavy atom. The van der Waals surface area contributed by atoms with Crippen LogP contribution < -0.4 is 11.1 Å². The van der Waals surface area contributed by atoms with Gasteiger partial charge in [-0.1, -0.05) is 0 Å². The van der Waals surface area contributed by atoms with E-state index in [0.717, 1.165) is 18.9 Å². The van der Waals surface area contributed by atoms with Gasteiger partial charge in [-0.25, -0.2) is 4.39 Å². The van der Waals surface area contributed by atoms with Crippen LogP contribution >= 0.6 is 0 Å². The molecule has 1 amide bonds. The van der Waals surface area contributed by atoms with Crippen molar-refractivity contribution in [3.05, 3.63) is 33.6 Å². The molecule has 96 valence electrons. The highest BCUT2D eigenvalue weighted by atomic mass is 19.1. The van der Waals surface area contributed by atoms with Crippen molar-refractivity contribution in [2.75, 3.05) is 5.73 Å². The number of hydrogen-bond acceptors (Lipinski definition) is 4. The Kier molecular flexibility index (Phi) is 2.68. The number of nitrogens with zero attached hydrogens (tertiary/aromatic N) is 1. The highest BCUT2D eigenvalue weighted by Crippen LogP contribution is 2.35. The lowest BCUT2D eigenvalue weighted by molar-refractivity contribution is -0.385. The molecular formula is C11H12FN3O3. The Balaban J connectivity index is 2.38. The number of halogens is 1. The largest absolute Gasteiger partial charge is 0.396 e. The number of nitrogen functional groups attached to an aromatic ring is 1. The van der Waals surface area contributed by atoms with Gasteiger partial charge in [-0.2, -0.15) is 0 Å². The van der Waals surface area contributed by atoms with Crippen LogP contribution in [0.2, 0.25) is 0 Å². The smallest absolute Gasteiger partial charge is 0.285 e. The van der Waals surface area contributed by atoms with E-state index in [1.54, 1.807) is 0 Å². The summed E-state index contributed by atoms with van der Waals surface area (Å²) < 4.78 is 13.2. The summed E-state index contributed by atoms with van der Waals surface area (Å²) in [5, 5.41) is 13.5. The molecule has 6 nitrogen and oxygen atoms in total. The lowest BCUT2D eigenvalue weighted by atomic mass is 10.1. The number of nitro benzene ring substituents is 1. The summed E-state index contributed by atoms with van der Waals surface area (Å²) in [6.07, 6.45) is 1.65. The lowest BCUT2D eigenvalue weighted by Crippen LogP contribution is -2.34. The number of amides is 1. The molecule has 0 spiro atoms. The zero-order valence-corrected chi connectivity index (χ0v) is 9.70. The van der Waals surface area contributed by atoms with E-state index in [0.29, 0.717) is 6.07 Å². The maximum Gasteiger partial charge on any atom is 0.285 e. The zero-order valence-electron chi connectivity index (χ0n) is 9.70. The van der Waals surface area contributed by atoms with Crippen molar-refractivity contribution in [2.45, 2.75) is 25.3 Å². The molecular weight excluding hydrogens is 241 g/mol. The van der Waals surface area contributed by atoms with Crippen LogP contribution in [-0.4, -0.2) is 16.4 Å². The van der Waals surface area contributed by atoms with E-state index >= 15 is 0 Å². The second-order valence-electron chi connectivity index (χ2n) is 4.66. The van der Waals surface area contributed by atoms with Crippen LogP contribution in [-0.2, 0) is 0 Å². The Labute approximate surface area is 102 Å². The molecule has 0 atom stereocenters. The maximum atomic E-state index is 13.2. The number of carbonyl (C=O) groups is 1. The summed E-state index contributed by atoms with van der Waals surface area (Å²) in [5.74, 6) is -1.51. The Morgan fingerprint density at radius 3 is 2.67 bits per heavy atom. The lowest BCUT2D eigenvalue weighted by Gasteiger charge is -2.12. The van der Waals surface area contributed by atoms with E-state index in [1.165, 1.54) is 0 Å². The SMILES string of the molecule is CC1(NC(=O)c2cc(N)c(F)cc2[N+](=O)[O-])CC1. The number of rotatable bonds is 3. The Morgan fingerprint density at radius 1 is 1.56 bits per heavy atom. The van der Waals surface area contributed by atoms with Crippen LogP contribution in [0.3, 0.4) is 0 Å². The summed E-state index contributed by atoms with van der Waals surface area (Å²) in [7, 11) is 0. The molecule has 0 heterocycles. The predicted octanol–water partition coefficient (Wildman–Crippen LogP) is 1.60. The van der Waals surface area contributed by atoms with E-state index in [9.17, 15) is 19.3 Å². The fourth-order valence-corrected chi connectivity index (χ4v) is 1.57.